The van der Waals surface area contributed by atoms with Crippen molar-refractivity contribution in [2.45, 2.75) is 6.04 Å². The number of urea groups is 1. The summed E-state index contributed by atoms with van der Waals surface area (Å²) >= 11 is 6.07. The van der Waals surface area contributed by atoms with Crippen LogP contribution in [0.3, 0.4) is 0 Å². The number of hydrogen-bond acceptors (Lipinski definition) is 2. The van der Waals surface area contributed by atoms with Crippen LogP contribution in [0.5, 0.6) is 0 Å². The monoisotopic (exact) mass is 303 g/mol. The molecule has 3 N–H and O–H groups in total. The predicted octanol–water partition coefficient (Wildman–Crippen LogP) is 3.28. The molecule has 0 saturated carbocycles. The minimum atomic E-state index is -0.347. The largest absolute Gasteiger partial charge is 0.398 e. The van der Waals surface area contributed by atoms with Crippen LogP contribution in [0.2, 0.25) is 5.02 Å². The molecule has 5 heteroatoms. The fraction of sp³-hybridized carbons (Fsp3) is 0.188. The molecule has 0 radical (unpaired) electrons. The van der Waals surface area contributed by atoms with Gasteiger partial charge in [-0.2, -0.15) is 0 Å². The van der Waals surface area contributed by atoms with Crippen molar-refractivity contribution in [2.24, 2.45) is 0 Å². The van der Waals surface area contributed by atoms with Gasteiger partial charge in [-0.05, 0) is 23.8 Å². The number of hydrogen-bond donors (Lipinski definition) is 2. The van der Waals surface area contributed by atoms with Gasteiger partial charge < -0.3 is 16.0 Å². The van der Waals surface area contributed by atoms with Gasteiger partial charge in [0.2, 0.25) is 0 Å². The number of carbonyl (C=O) groups excluding carboxylic acids is 1. The van der Waals surface area contributed by atoms with Gasteiger partial charge in [0.05, 0.1) is 6.04 Å². The van der Waals surface area contributed by atoms with Crippen molar-refractivity contribution in [1.29, 1.82) is 0 Å². The lowest BCUT2D eigenvalue weighted by Crippen LogP contribution is -2.37. The summed E-state index contributed by atoms with van der Waals surface area (Å²) in [6.45, 7) is 0. The average Bonchev–Trinajstić information content (AvgIpc) is 2.48. The summed E-state index contributed by atoms with van der Waals surface area (Å²) in [6.07, 6.45) is 0. The molecule has 4 nitrogen and oxygen atoms in total. The van der Waals surface area contributed by atoms with Crippen molar-refractivity contribution in [1.82, 2.24) is 10.2 Å². The van der Waals surface area contributed by atoms with E-state index in [-0.39, 0.29) is 12.1 Å². The molecule has 2 amide bonds. The molecule has 0 spiro atoms. The van der Waals surface area contributed by atoms with Gasteiger partial charge in [0.25, 0.3) is 0 Å². The van der Waals surface area contributed by atoms with Gasteiger partial charge in [-0.25, -0.2) is 4.79 Å². The van der Waals surface area contributed by atoms with Crippen LogP contribution in [0.1, 0.15) is 17.2 Å². The number of amides is 2. The Labute approximate surface area is 129 Å². The Balaban J connectivity index is 2.45. The molecule has 2 aromatic rings. The number of carbonyl (C=O) groups is 1. The molecule has 1 atom stereocenters. The second kappa shape index (κ2) is 6.50. The van der Waals surface area contributed by atoms with Gasteiger partial charge >= 0.3 is 6.03 Å². The van der Waals surface area contributed by atoms with E-state index < -0.39 is 0 Å². The molecule has 0 saturated heterocycles. The molecule has 0 aliphatic rings. The highest BCUT2D eigenvalue weighted by atomic mass is 35.5. The first-order valence-electron chi connectivity index (χ1n) is 6.56. The third-order valence-corrected chi connectivity index (χ3v) is 3.40. The fourth-order valence-corrected chi connectivity index (χ4v) is 2.21. The molecule has 1 unspecified atom stereocenters. The molecule has 0 aliphatic carbocycles. The quantitative estimate of drug-likeness (QED) is 0.855. The minimum absolute atomic E-state index is 0.191. The topological polar surface area (TPSA) is 58.4 Å². The van der Waals surface area contributed by atoms with Crippen LogP contribution >= 0.6 is 11.6 Å². The number of nitrogens with zero attached hydrogens (tertiary/aromatic N) is 1. The van der Waals surface area contributed by atoms with E-state index in [9.17, 15) is 4.79 Å². The summed E-state index contributed by atoms with van der Waals surface area (Å²) < 4.78 is 0. The van der Waals surface area contributed by atoms with Crippen molar-refractivity contribution < 1.29 is 4.79 Å². The molecule has 0 fully saturated rings. The fourth-order valence-electron chi connectivity index (χ4n) is 2.03. The minimum Gasteiger partial charge on any atom is -0.398 e. The van der Waals surface area contributed by atoms with E-state index >= 15 is 0 Å². The van der Waals surface area contributed by atoms with Crippen molar-refractivity contribution in [3.05, 3.63) is 64.7 Å². The van der Waals surface area contributed by atoms with Gasteiger partial charge in [-0.3, -0.25) is 0 Å². The Bertz CT molecular complexity index is 629. The normalized spacial score (nSPS) is 11.8. The Morgan fingerprint density at radius 3 is 2.48 bits per heavy atom. The summed E-state index contributed by atoms with van der Waals surface area (Å²) in [5.41, 5.74) is 8.37. The maximum Gasteiger partial charge on any atom is 0.317 e. The second-order valence-electron chi connectivity index (χ2n) is 4.96. The van der Waals surface area contributed by atoms with Crippen LogP contribution in [0, 0.1) is 0 Å². The van der Waals surface area contributed by atoms with Gasteiger partial charge in [0.1, 0.15) is 0 Å². The molecule has 110 valence electrons. The third kappa shape index (κ3) is 3.67. The highest BCUT2D eigenvalue weighted by molar-refractivity contribution is 6.30. The summed E-state index contributed by atoms with van der Waals surface area (Å²) in [4.78, 5) is 13.5. The number of nitrogens with one attached hydrogen (secondary N) is 1. The lowest BCUT2D eigenvalue weighted by atomic mass is 9.97. The zero-order chi connectivity index (χ0) is 15.4. The van der Waals surface area contributed by atoms with Crippen molar-refractivity contribution in [3.63, 3.8) is 0 Å². The molecule has 21 heavy (non-hydrogen) atoms. The molecule has 0 aromatic heterocycles. The zero-order valence-corrected chi connectivity index (χ0v) is 12.8. The summed E-state index contributed by atoms with van der Waals surface area (Å²) in [5, 5.41) is 3.55. The van der Waals surface area contributed by atoms with E-state index in [1.54, 1.807) is 32.3 Å². The summed E-state index contributed by atoms with van der Waals surface area (Å²) in [5.74, 6) is 0. The number of nitrogen functional groups attached to an aromatic ring is 1. The predicted molar refractivity (Wildman–Crippen MR) is 86.4 cm³/mol. The average molecular weight is 304 g/mol. The molecule has 0 heterocycles. The molecular formula is C16H18ClN3O. The number of benzene rings is 2. The first-order chi connectivity index (χ1) is 9.99. The molecule has 2 rings (SSSR count). The van der Waals surface area contributed by atoms with Gasteiger partial charge in [-0.15, -0.1) is 0 Å². The van der Waals surface area contributed by atoms with E-state index in [0.29, 0.717) is 10.7 Å². The summed E-state index contributed by atoms with van der Waals surface area (Å²) in [6, 6.07) is 14.4. The Morgan fingerprint density at radius 1 is 1.19 bits per heavy atom. The van der Waals surface area contributed by atoms with Crippen LogP contribution < -0.4 is 11.1 Å². The van der Waals surface area contributed by atoms with Gasteiger partial charge in [0.15, 0.2) is 0 Å². The van der Waals surface area contributed by atoms with E-state index in [4.69, 9.17) is 17.3 Å². The smallest absolute Gasteiger partial charge is 0.317 e. The van der Waals surface area contributed by atoms with Crippen molar-refractivity contribution >= 4 is 23.3 Å². The SMILES string of the molecule is CN(C)C(=O)NC(c1ccccc1)c1cc(Cl)ccc1N. The van der Waals surface area contributed by atoms with Crippen LogP contribution in [0.4, 0.5) is 10.5 Å². The first-order valence-corrected chi connectivity index (χ1v) is 6.94. The van der Waals surface area contributed by atoms with Crippen molar-refractivity contribution in [2.75, 3.05) is 19.8 Å². The Kier molecular flexibility index (Phi) is 4.70. The highest BCUT2D eigenvalue weighted by Gasteiger charge is 2.20. The van der Waals surface area contributed by atoms with E-state index in [2.05, 4.69) is 5.32 Å². The third-order valence-electron chi connectivity index (χ3n) is 3.17. The van der Waals surface area contributed by atoms with E-state index in [1.807, 2.05) is 30.3 Å². The van der Waals surface area contributed by atoms with Gasteiger partial charge in [0, 0.05) is 30.4 Å². The van der Waals surface area contributed by atoms with Gasteiger partial charge in [-0.1, -0.05) is 41.9 Å². The molecule has 0 aliphatic heterocycles. The van der Waals surface area contributed by atoms with Crippen LogP contribution in [0.15, 0.2) is 48.5 Å². The first kappa shape index (κ1) is 15.2. The highest BCUT2D eigenvalue weighted by Crippen LogP contribution is 2.29. The zero-order valence-electron chi connectivity index (χ0n) is 12.0. The van der Waals surface area contributed by atoms with Crippen molar-refractivity contribution in [3.8, 4) is 0 Å². The lowest BCUT2D eigenvalue weighted by molar-refractivity contribution is 0.215. The molecule has 0 bridgehead atoms. The van der Waals surface area contributed by atoms with Crippen LogP contribution in [-0.2, 0) is 0 Å². The lowest BCUT2D eigenvalue weighted by Gasteiger charge is -2.23. The maximum atomic E-state index is 12.0. The number of anilines is 1. The summed E-state index contributed by atoms with van der Waals surface area (Å²) in [7, 11) is 3.39. The second-order valence-corrected chi connectivity index (χ2v) is 5.40. The number of nitrogens with two attached hydrogens (primary N) is 1. The number of rotatable bonds is 3. The molecular weight excluding hydrogens is 286 g/mol. The Morgan fingerprint density at radius 2 is 1.86 bits per heavy atom. The van der Waals surface area contributed by atoms with E-state index in [0.717, 1.165) is 11.1 Å². The van der Waals surface area contributed by atoms with Crippen LogP contribution in [0.25, 0.3) is 0 Å². The Hall–Kier alpha value is -2.20. The standard InChI is InChI=1S/C16H18ClN3O/c1-20(2)16(21)19-15(11-6-4-3-5-7-11)13-10-12(17)8-9-14(13)18/h3-10,15H,18H2,1-2H3,(H,19,21). The molecule has 2 aromatic carbocycles. The van der Waals surface area contributed by atoms with E-state index in [1.165, 1.54) is 4.90 Å². The maximum absolute atomic E-state index is 12.0. The number of halogens is 1. The van der Waals surface area contributed by atoms with Crippen LogP contribution in [-0.4, -0.2) is 25.0 Å².